The van der Waals surface area contributed by atoms with E-state index in [0.29, 0.717) is 16.8 Å². The fourth-order valence-electron chi connectivity index (χ4n) is 3.68. The van der Waals surface area contributed by atoms with Crippen molar-refractivity contribution in [1.29, 1.82) is 0 Å². The summed E-state index contributed by atoms with van der Waals surface area (Å²) >= 11 is 5.63. The molecule has 3 aromatic rings. The van der Waals surface area contributed by atoms with E-state index < -0.39 is 39.2 Å². The van der Waals surface area contributed by atoms with E-state index in [2.05, 4.69) is 5.32 Å². The standard InChI is InChI=1S/C24H24ClF3N2O3S/c1-16(12-18-8-5-7-17-6-3-4-9-20(17)18)14-29-23(31)15-30(34(2,32)33)19-10-11-22(25)21(13-19)24(26,27)28/h3-11,13,16H,12,14-15H2,1-2H3,(H,29,31). The maximum Gasteiger partial charge on any atom is 0.417 e. The molecule has 5 nitrogen and oxygen atoms in total. The van der Waals surface area contributed by atoms with E-state index in [-0.39, 0.29) is 18.2 Å². The lowest BCUT2D eigenvalue weighted by Crippen LogP contribution is -2.41. The average molecular weight is 513 g/mol. The molecule has 0 saturated heterocycles. The number of amides is 1. The first-order chi connectivity index (χ1) is 15.9. The number of benzene rings is 3. The van der Waals surface area contributed by atoms with Gasteiger partial charge in [0.25, 0.3) is 0 Å². The van der Waals surface area contributed by atoms with Crippen LogP contribution >= 0.6 is 11.6 Å². The lowest BCUT2D eigenvalue weighted by Gasteiger charge is -2.23. The molecule has 0 aromatic heterocycles. The molecule has 0 bridgehead atoms. The predicted octanol–water partition coefficient (Wildman–Crippen LogP) is 5.27. The van der Waals surface area contributed by atoms with Gasteiger partial charge in [-0.3, -0.25) is 9.10 Å². The zero-order chi connectivity index (χ0) is 25.1. The van der Waals surface area contributed by atoms with Crippen LogP contribution in [0.25, 0.3) is 10.8 Å². The third kappa shape index (κ3) is 6.42. The molecule has 1 amide bonds. The number of carbonyl (C=O) groups is 1. The van der Waals surface area contributed by atoms with Crippen molar-refractivity contribution < 1.29 is 26.4 Å². The Morgan fingerprint density at radius 3 is 2.44 bits per heavy atom. The van der Waals surface area contributed by atoms with E-state index in [4.69, 9.17) is 11.6 Å². The van der Waals surface area contributed by atoms with Gasteiger partial charge in [0.05, 0.1) is 22.5 Å². The summed E-state index contributed by atoms with van der Waals surface area (Å²) in [7, 11) is -4.04. The van der Waals surface area contributed by atoms with Gasteiger partial charge in [0.15, 0.2) is 0 Å². The van der Waals surface area contributed by atoms with Gasteiger partial charge in [-0.25, -0.2) is 8.42 Å². The van der Waals surface area contributed by atoms with Crippen molar-refractivity contribution in [2.75, 3.05) is 23.7 Å². The highest BCUT2D eigenvalue weighted by atomic mass is 35.5. The second-order valence-electron chi connectivity index (χ2n) is 8.18. The second-order valence-corrected chi connectivity index (χ2v) is 10.5. The molecule has 3 rings (SSSR count). The molecular weight excluding hydrogens is 489 g/mol. The van der Waals surface area contributed by atoms with Crippen LogP contribution in [-0.2, 0) is 27.4 Å². The first kappa shape index (κ1) is 25.8. The Kier molecular flexibility index (Phi) is 7.77. The second kappa shape index (κ2) is 10.2. The highest BCUT2D eigenvalue weighted by molar-refractivity contribution is 7.92. The molecule has 0 fully saturated rings. The van der Waals surface area contributed by atoms with Gasteiger partial charge in [0.1, 0.15) is 6.54 Å². The molecule has 34 heavy (non-hydrogen) atoms. The number of sulfonamides is 1. The van der Waals surface area contributed by atoms with E-state index in [0.717, 1.165) is 34.7 Å². The topological polar surface area (TPSA) is 66.5 Å². The maximum absolute atomic E-state index is 13.2. The van der Waals surface area contributed by atoms with Crippen molar-refractivity contribution in [3.8, 4) is 0 Å². The average Bonchev–Trinajstić information content (AvgIpc) is 2.75. The fraction of sp³-hybridized carbons (Fsp3) is 0.292. The van der Waals surface area contributed by atoms with Gasteiger partial charge in [-0.05, 0) is 46.9 Å². The number of nitrogens with zero attached hydrogens (tertiary/aromatic N) is 1. The van der Waals surface area contributed by atoms with E-state index in [9.17, 15) is 26.4 Å². The summed E-state index contributed by atoms with van der Waals surface area (Å²) in [5.74, 6) is -0.590. The highest BCUT2D eigenvalue weighted by Gasteiger charge is 2.34. The normalized spacial score (nSPS) is 13.0. The Morgan fingerprint density at radius 2 is 1.76 bits per heavy atom. The molecule has 1 atom stereocenters. The third-order valence-electron chi connectivity index (χ3n) is 5.33. The third-order valence-corrected chi connectivity index (χ3v) is 6.80. The molecule has 182 valence electrons. The number of alkyl halides is 3. The van der Waals surface area contributed by atoms with Crippen LogP contribution in [0.5, 0.6) is 0 Å². The molecule has 0 aliphatic rings. The summed E-state index contributed by atoms with van der Waals surface area (Å²) in [6.45, 7) is 1.57. The quantitative estimate of drug-likeness (QED) is 0.447. The maximum atomic E-state index is 13.2. The first-order valence-electron chi connectivity index (χ1n) is 10.4. The van der Waals surface area contributed by atoms with Crippen molar-refractivity contribution in [2.24, 2.45) is 5.92 Å². The minimum Gasteiger partial charge on any atom is -0.354 e. The van der Waals surface area contributed by atoms with Crippen LogP contribution in [0.4, 0.5) is 18.9 Å². The molecule has 0 aliphatic carbocycles. The summed E-state index contributed by atoms with van der Waals surface area (Å²) in [6.07, 6.45) is -3.26. The van der Waals surface area contributed by atoms with Crippen molar-refractivity contribution >= 4 is 44.0 Å². The number of fused-ring (bicyclic) bond motifs is 1. The Balaban J connectivity index is 1.69. The largest absolute Gasteiger partial charge is 0.417 e. The van der Waals surface area contributed by atoms with Gasteiger partial charge >= 0.3 is 6.18 Å². The Bertz CT molecular complexity index is 1290. The van der Waals surface area contributed by atoms with Crippen molar-refractivity contribution in [2.45, 2.75) is 19.5 Å². The van der Waals surface area contributed by atoms with Gasteiger partial charge in [-0.15, -0.1) is 0 Å². The summed E-state index contributed by atoms with van der Waals surface area (Å²) in [5.41, 5.74) is -0.346. The number of carbonyl (C=O) groups excluding carboxylic acids is 1. The van der Waals surface area contributed by atoms with Crippen LogP contribution in [-0.4, -0.2) is 33.7 Å². The summed E-state index contributed by atoms with van der Waals surface area (Å²) in [4.78, 5) is 12.5. The van der Waals surface area contributed by atoms with Crippen LogP contribution in [0, 0.1) is 5.92 Å². The van der Waals surface area contributed by atoms with Crippen LogP contribution in [0.15, 0.2) is 60.7 Å². The minimum atomic E-state index is -4.77. The minimum absolute atomic E-state index is 0.0359. The van der Waals surface area contributed by atoms with Crippen molar-refractivity contribution in [1.82, 2.24) is 5.32 Å². The molecule has 1 unspecified atom stereocenters. The number of hydrogen-bond donors (Lipinski definition) is 1. The van der Waals surface area contributed by atoms with Crippen LogP contribution in [0.2, 0.25) is 5.02 Å². The smallest absolute Gasteiger partial charge is 0.354 e. The number of rotatable bonds is 8. The molecule has 0 radical (unpaired) electrons. The lowest BCUT2D eigenvalue weighted by molar-refractivity contribution is -0.137. The number of nitrogens with one attached hydrogen (secondary N) is 1. The van der Waals surface area contributed by atoms with E-state index in [1.165, 1.54) is 0 Å². The van der Waals surface area contributed by atoms with E-state index in [1.54, 1.807) is 0 Å². The van der Waals surface area contributed by atoms with Gasteiger partial charge in [0.2, 0.25) is 15.9 Å². The first-order valence-corrected chi connectivity index (χ1v) is 12.7. The molecule has 1 N–H and O–H groups in total. The molecule has 0 spiro atoms. The van der Waals surface area contributed by atoms with Gasteiger partial charge < -0.3 is 5.32 Å². The zero-order valence-corrected chi connectivity index (χ0v) is 20.1. The molecule has 0 saturated carbocycles. The summed E-state index contributed by atoms with van der Waals surface area (Å²) in [5, 5.41) is 4.36. The van der Waals surface area contributed by atoms with E-state index >= 15 is 0 Å². The van der Waals surface area contributed by atoms with E-state index in [1.807, 2.05) is 49.4 Å². The van der Waals surface area contributed by atoms with Crippen molar-refractivity contribution in [3.05, 3.63) is 76.8 Å². The number of hydrogen-bond acceptors (Lipinski definition) is 3. The number of anilines is 1. The summed E-state index contributed by atoms with van der Waals surface area (Å²) in [6, 6.07) is 16.7. The Labute approximate surface area is 201 Å². The molecular formula is C24H24ClF3N2O3S. The van der Waals surface area contributed by atoms with Gasteiger partial charge in [0, 0.05) is 6.54 Å². The van der Waals surface area contributed by atoms with Crippen LogP contribution in [0.3, 0.4) is 0 Å². The van der Waals surface area contributed by atoms with Crippen molar-refractivity contribution in [3.63, 3.8) is 0 Å². The Hall–Kier alpha value is -2.78. The zero-order valence-electron chi connectivity index (χ0n) is 18.6. The summed E-state index contributed by atoms with van der Waals surface area (Å²) < 4.78 is 64.7. The number of halogens is 4. The molecule has 10 heteroatoms. The molecule has 3 aromatic carbocycles. The highest BCUT2D eigenvalue weighted by Crippen LogP contribution is 2.37. The van der Waals surface area contributed by atoms with Crippen LogP contribution < -0.4 is 9.62 Å². The van der Waals surface area contributed by atoms with Gasteiger partial charge in [-0.2, -0.15) is 13.2 Å². The van der Waals surface area contributed by atoms with Crippen LogP contribution in [0.1, 0.15) is 18.1 Å². The Morgan fingerprint density at radius 1 is 1.09 bits per heavy atom. The SMILES string of the molecule is CC(CNC(=O)CN(c1ccc(Cl)c(C(F)(F)F)c1)S(C)(=O)=O)Cc1cccc2ccccc12. The molecule has 0 heterocycles. The fourth-order valence-corrected chi connectivity index (χ4v) is 4.75. The monoisotopic (exact) mass is 512 g/mol. The predicted molar refractivity (Wildman–Crippen MR) is 128 cm³/mol. The molecule has 0 aliphatic heterocycles. The lowest BCUT2D eigenvalue weighted by atomic mass is 9.96. The van der Waals surface area contributed by atoms with Gasteiger partial charge in [-0.1, -0.05) is 61.0 Å².